The largest absolute Gasteiger partial charge is 0.382 e. The van der Waals surface area contributed by atoms with Gasteiger partial charge in [-0.1, -0.05) is 16.8 Å². The van der Waals surface area contributed by atoms with E-state index in [1.807, 2.05) is 0 Å². The van der Waals surface area contributed by atoms with Gasteiger partial charge in [0.05, 0.1) is 11.9 Å². The second-order valence-electron chi connectivity index (χ2n) is 5.35. The van der Waals surface area contributed by atoms with Crippen LogP contribution < -0.4 is 10.9 Å². The Morgan fingerprint density at radius 2 is 2.08 bits per heavy atom. The molecule has 3 aromatic rings. The molecule has 9 heteroatoms. The van der Waals surface area contributed by atoms with Crippen molar-refractivity contribution in [3.05, 3.63) is 57.5 Å². The zero-order chi connectivity index (χ0) is 17.8. The molecule has 0 saturated heterocycles. The maximum absolute atomic E-state index is 12.9. The highest BCUT2D eigenvalue weighted by Crippen LogP contribution is 2.17. The van der Waals surface area contributed by atoms with E-state index in [0.29, 0.717) is 42.4 Å². The predicted octanol–water partition coefficient (Wildman–Crippen LogP) is 2.67. The number of rotatable bonds is 6. The zero-order valence-corrected chi connectivity index (χ0v) is 14.1. The first kappa shape index (κ1) is 17.1. The molecule has 0 saturated carbocycles. The van der Waals surface area contributed by atoms with Crippen LogP contribution in [0.2, 0.25) is 5.02 Å². The molecule has 0 spiro atoms. The van der Waals surface area contributed by atoms with Gasteiger partial charge in [0, 0.05) is 25.6 Å². The summed E-state index contributed by atoms with van der Waals surface area (Å²) in [5.41, 5.74) is 0.822. The monoisotopic (exact) mass is 363 g/mol. The molecular formula is C16H15ClFN5O2. The number of aromatic nitrogens is 4. The maximum Gasteiger partial charge on any atom is 0.287 e. The van der Waals surface area contributed by atoms with Gasteiger partial charge in [-0.05, 0) is 30.7 Å². The Labute approximate surface area is 147 Å². The first-order valence-corrected chi connectivity index (χ1v) is 7.96. The molecule has 0 amide bonds. The van der Waals surface area contributed by atoms with Gasteiger partial charge in [-0.2, -0.15) is 10.1 Å². The fraction of sp³-hybridized carbons (Fsp3) is 0.250. The van der Waals surface area contributed by atoms with E-state index in [1.54, 1.807) is 12.1 Å². The summed E-state index contributed by atoms with van der Waals surface area (Å²) in [6.07, 6.45) is 2.75. The number of anilines is 1. The molecule has 0 radical (unpaired) electrons. The number of halogens is 2. The summed E-state index contributed by atoms with van der Waals surface area (Å²) in [6.45, 7) is 0.558. The molecule has 25 heavy (non-hydrogen) atoms. The zero-order valence-electron chi connectivity index (χ0n) is 13.4. The quantitative estimate of drug-likeness (QED) is 0.678. The maximum atomic E-state index is 12.9. The van der Waals surface area contributed by atoms with Gasteiger partial charge in [0.15, 0.2) is 0 Å². The highest BCUT2D eigenvalue weighted by molar-refractivity contribution is 6.32. The topological polar surface area (TPSA) is 85.8 Å². The van der Waals surface area contributed by atoms with E-state index in [2.05, 4.69) is 20.6 Å². The second-order valence-corrected chi connectivity index (χ2v) is 5.73. The molecule has 0 bridgehead atoms. The van der Waals surface area contributed by atoms with Crippen molar-refractivity contribution >= 4 is 17.3 Å². The van der Waals surface area contributed by atoms with Crippen molar-refractivity contribution in [2.75, 3.05) is 11.9 Å². The molecular weight excluding hydrogens is 349 g/mol. The van der Waals surface area contributed by atoms with Crippen LogP contribution in [0.4, 0.5) is 10.1 Å². The Kier molecular flexibility index (Phi) is 5.08. The Hall–Kier alpha value is -2.74. The minimum Gasteiger partial charge on any atom is -0.382 e. The fourth-order valence-corrected chi connectivity index (χ4v) is 2.41. The van der Waals surface area contributed by atoms with Crippen molar-refractivity contribution in [3.8, 4) is 11.4 Å². The van der Waals surface area contributed by atoms with E-state index in [1.165, 1.54) is 30.1 Å². The fourth-order valence-electron chi connectivity index (χ4n) is 2.17. The van der Waals surface area contributed by atoms with Gasteiger partial charge in [-0.25, -0.2) is 9.07 Å². The lowest BCUT2D eigenvalue weighted by Crippen LogP contribution is -2.21. The van der Waals surface area contributed by atoms with E-state index in [4.69, 9.17) is 16.1 Å². The summed E-state index contributed by atoms with van der Waals surface area (Å²) >= 11 is 5.97. The van der Waals surface area contributed by atoms with Crippen LogP contribution in [0.1, 0.15) is 12.3 Å². The lowest BCUT2D eigenvalue weighted by molar-refractivity contribution is 0.377. The molecule has 1 aromatic carbocycles. The van der Waals surface area contributed by atoms with Crippen LogP contribution in [0, 0.1) is 5.82 Å². The van der Waals surface area contributed by atoms with Crippen molar-refractivity contribution in [2.45, 2.75) is 12.8 Å². The molecule has 0 aliphatic heterocycles. The number of hydrogen-bond acceptors (Lipinski definition) is 6. The van der Waals surface area contributed by atoms with E-state index < -0.39 is 0 Å². The summed E-state index contributed by atoms with van der Waals surface area (Å²) < 4.78 is 19.3. The van der Waals surface area contributed by atoms with Crippen molar-refractivity contribution in [2.24, 2.45) is 7.05 Å². The molecule has 2 heterocycles. The van der Waals surface area contributed by atoms with Crippen molar-refractivity contribution in [1.29, 1.82) is 0 Å². The molecule has 0 atom stereocenters. The van der Waals surface area contributed by atoms with Crippen LogP contribution in [0.3, 0.4) is 0 Å². The predicted molar refractivity (Wildman–Crippen MR) is 91.0 cm³/mol. The number of aryl methyl sites for hydroxylation is 2. The van der Waals surface area contributed by atoms with Gasteiger partial charge in [0.1, 0.15) is 10.8 Å². The van der Waals surface area contributed by atoms with E-state index in [9.17, 15) is 9.18 Å². The Morgan fingerprint density at radius 3 is 2.84 bits per heavy atom. The van der Waals surface area contributed by atoms with Crippen molar-refractivity contribution in [1.82, 2.24) is 19.9 Å². The highest BCUT2D eigenvalue weighted by Gasteiger charge is 2.10. The molecule has 130 valence electrons. The summed E-state index contributed by atoms with van der Waals surface area (Å²) in [6, 6.07) is 5.88. The summed E-state index contributed by atoms with van der Waals surface area (Å²) in [5.74, 6) is 0.582. The normalized spacial score (nSPS) is 10.8. The molecule has 0 unspecified atom stereocenters. The number of nitrogens with one attached hydrogen (secondary N) is 1. The minimum atomic E-state index is -0.354. The average Bonchev–Trinajstić information content (AvgIpc) is 3.08. The number of nitrogens with zero attached hydrogens (tertiary/aromatic N) is 4. The number of benzene rings is 1. The minimum absolute atomic E-state index is 0.105. The van der Waals surface area contributed by atoms with Gasteiger partial charge < -0.3 is 9.84 Å². The molecule has 0 aliphatic carbocycles. The highest BCUT2D eigenvalue weighted by atomic mass is 35.5. The average molecular weight is 364 g/mol. The molecule has 1 N–H and O–H groups in total. The molecule has 3 rings (SSSR count). The molecule has 2 aromatic heterocycles. The van der Waals surface area contributed by atoms with E-state index in [-0.39, 0.29) is 16.4 Å². The standard InChI is InChI=1S/C16H15ClFN5O2/c1-23-16(24)14(17)12(9-20-23)19-8-2-3-13-21-15(22-25-13)10-4-6-11(18)7-5-10/h4-7,9,19H,2-3,8H2,1H3. The van der Waals surface area contributed by atoms with Gasteiger partial charge >= 0.3 is 0 Å². The van der Waals surface area contributed by atoms with Crippen molar-refractivity contribution in [3.63, 3.8) is 0 Å². The first-order valence-electron chi connectivity index (χ1n) is 7.59. The SMILES string of the molecule is Cn1ncc(NCCCc2nc(-c3ccc(F)cc3)no2)c(Cl)c1=O. The van der Waals surface area contributed by atoms with Crippen LogP contribution in [0.25, 0.3) is 11.4 Å². The van der Waals surface area contributed by atoms with Gasteiger partial charge in [0.2, 0.25) is 11.7 Å². The molecule has 7 nitrogen and oxygen atoms in total. The van der Waals surface area contributed by atoms with Crippen LogP contribution in [0.5, 0.6) is 0 Å². The second kappa shape index (κ2) is 7.43. The summed E-state index contributed by atoms with van der Waals surface area (Å²) in [4.78, 5) is 16.0. The smallest absolute Gasteiger partial charge is 0.287 e. The summed E-state index contributed by atoms with van der Waals surface area (Å²) in [5, 5.41) is 11.0. The lowest BCUT2D eigenvalue weighted by atomic mass is 10.2. The van der Waals surface area contributed by atoms with Gasteiger partial charge in [-0.15, -0.1) is 0 Å². The first-order chi connectivity index (χ1) is 12.0. The van der Waals surface area contributed by atoms with Crippen LogP contribution in [-0.2, 0) is 13.5 Å². The molecule has 0 aliphatic rings. The molecule has 0 fully saturated rings. The van der Waals surface area contributed by atoms with E-state index >= 15 is 0 Å². The number of hydrogen-bond donors (Lipinski definition) is 1. The van der Waals surface area contributed by atoms with Gasteiger partial charge in [-0.3, -0.25) is 4.79 Å². The Morgan fingerprint density at radius 1 is 1.32 bits per heavy atom. The summed E-state index contributed by atoms with van der Waals surface area (Å²) in [7, 11) is 1.53. The third-order valence-electron chi connectivity index (χ3n) is 3.53. The Bertz CT molecular complexity index is 923. The Balaban J connectivity index is 1.54. The van der Waals surface area contributed by atoms with Crippen molar-refractivity contribution < 1.29 is 8.91 Å². The third kappa shape index (κ3) is 4.03. The van der Waals surface area contributed by atoms with Gasteiger partial charge in [0.25, 0.3) is 5.56 Å². The lowest BCUT2D eigenvalue weighted by Gasteiger charge is -2.07. The van der Waals surface area contributed by atoms with E-state index in [0.717, 1.165) is 0 Å². The van der Waals surface area contributed by atoms with Crippen LogP contribution in [-0.4, -0.2) is 26.5 Å². The van der Waals surface area contributed by atoms with Crippen LogP contribution >= 0.6 is 11.6 Å². The van der Waals surface area contributed by atoms with Crippen LogP contribution in [0.15, 0.2) is 39.8 Å². The third-order valence-corrected chi connectivity index (χ3v) is 3.90.